The monoisotopic (exact) mass is 217 g/mol. The highest BCUT2D eigenvalue weighted by Crippen LogP contribution is 2.19. The molecule has 0 fully saturated rings. The Kier molecular flexibility index (Phi) is 1.60. The molecule has 1 rings (SSSR count). The number of allylic oxidation sites excluding steroid dienone is 2. The average Bonchev–Trinajstić information content (AvgIpc) is 2.14. The second-order valence-electron chi connectivity index (χ2n) is 1.25. The number of halogens is 1. The van der Waals surface area contributed by atoms with E-state index < -0.39 is 0 Å². The fourth-order valence-corrected chi connectivity index (χ4v) is 0.821. The van der Waals surface area contributed by atoms with E-state index in [-0.39, 0.29) is 0 Å². The number of hydrogen-bond donors (Lipinski definition) is 0. The Morgan fingerprint density at radius 2 is 2.50 bits per heavy atom. The molecule has 0 unspecified atom stereocenters. The van der Waals surface area contributed by atoms with E-state index in [1.807, 2.05) is 5.87 Å². The molecule has 0 saturated carbocycles. The van der Waals surface area contributed by atoms with E-state index in [1.54, 1.807) is 12.3 Å². The van der Waals surface area contributed by atoms with Crippen molar-refractivity contribution in [1.82, 2.24) is 0 Å². The largest absolute Gasteiger partial charge is 0.761 e. The first-order valence-electron chi connectivity index (χ1n) is 2.02. The normalized spacial score (nSPS) is 16.1. The quantitative estimate of drug-likeness (QED) is 0.435. The molecule has 1 aliphatic heterocycles. The van der Waals surface area contributed by atoms with Gasteiger partial charge in [0.1, 0.15) is 0 Å². The Bertz CT molecular complexity index is 208. The van der Waals surface area contributed by atoms with Crippen molar-refractivity contribution in [2.75, 3.05) is 0 Å². The highest BCUT2D eigenvalue weighted by atomic mass is 127. The van der Waals surface area contributed by atoms with Gasteiger partial charge in [0.25, 0.3) is 0 Å². The second kappa shape index (κ2) is 2.24. The molecule has 3 heteroatoms. The molecule has 0 aromatic heterocycles. The molecule has 8 heavy (non-hydrogen) atoms. The van der Waals surface area contributed by atoms with Crippen molar-refractivity contribution in [3.63, 3.8) is 0 Å². The zero-order valence-corrected chi connectivity index (χ0v) is 6.08. The van der Waals surface area contributed by atoms with E-state index in [1.165, 1.54) is 0 Å². The Morgan fingerprint density at radius 1 is 1.75 bits per heavy atom. The van der Waals surface area contributed by atoms with Gasteiger partial charge in [-0.15, -0.1) is 0 Å². The smallest absolute Gasteiger partial charge is 0.0952 e. The summed E-state index contributed by atoms with van der Waals surface area (Å²) < 4.78 is 0.921. The molecular formula is C5H2IN2-. The van der Waals surface area contributed by atoms with E-state index in [2.05, 4.69) is 27.6 Å². The molecule has 40 valence electrons. The number of hydrogen-bond acceptors (Lipinski definition) is 1. The lowest BCUT2D eigenvalue weighted by atomic mass is 10.5. The Morgan fingerprint density at radius 3 is 2.75 bits per heavy atom. The predicted octanol–water partition coefficient (Wildman–Crippen LogP) is 1.51. The molecule has 0 aromatic rings. The molecule has 0 aliphatic carbocycles. The fourth-order valence-electron chi connectivity index (χ4n) is 0.400. The third-order valence-corrected chi connectivity index (χ3v) is 1.63. The molecule has 0 amide bonds. The van der Waals surface area contributed by atoms with Crippen LogP contribution in [0.15, 0.2) is 20.3 Å². The summed E-state index contributed by atoms with van der Waals surface area (Å²) in [7, 11) is 0. The third kappa shape index (κ3) is 0.877. The predicted molar refractivity (Wildman–Crippen MR) is 42.5 cm³/mol. The molecule has 0 bridgehead atoms. The van der Waals surface area contributed by atoms with Crippen LogP contribution in [0.25, 0.3) is 5.41 Å². The minimum Gasteiger partial charge on any atom is -0.761 e. The number of nitrogens with zero attached hydrogens (tertiary/aromatic N) is 2. The van der Waals surface area contributed by atoms with Crippen LogP contribution < -0.4 is 0 Å². The lowest BCUT2D eigenvalue weighted by Crippen LogP contribution is -1.68. The maximum Gasteiger partial charge on any atom is 0.0952 e. The topological polar surface area (TPSA) is 34.7 Å². The van der Waals surface area contributed by atoms with Gasteiger partial charge in [0.05, 0.1) is 5.70 Å². The lowest BCUT2D eigenvalue weighted by Gasteiger charge is -1.87. The highest BCUT2D eigenvalue weighted by Gasteiger charge is 1.98. The first kappa shape index (κ1) is 5.72. The van der Waals surface area contributed by atoms with Crippen molar-refractivity contribution in [3.05, 3.63) is 20.8 Å². The molecule has 0 saturated heterocycles. The summed E-state index contributed by atoms with van der Waals surface area (Å²) in [6.45, 7) is 0. The van der Waals surface area contributed by atoms with E-state index in [9.17, 15) is 0 Å². The maximum absolute atomic E-state index is 8.29. The number of rotatable bonds is 0. The van der Waals surface area contributed by atoms with Gasteiger partial charge in [-0.25, -0.2) is 10.9 Å². The van der Waals surface area contributed by atoms with Crippen molar-refractivity contribution in [1.29, 1.82) is 0 Å². The minimum absolute atomic E-state index is 0.519. The van der Waals surface area contributed by atoms with Gasteiger partial charge < -0.3 is 5.41 Å². The summed E-state index contributed by atoms with van der Waals surface area (Å²) in [4.78, 5) is 3.77. The van der Waals surface area contributed by atoms with Gasteiger partial charge in [0.2, 0.25) is 0 Å². The fraction of sp³-hybridized carbons (Fsp3) is 0. The van der Waals surface area contributed by atoms with Crippen LogP contribution in [0.5, 0.6) is 0 Å². The summed E-state index contributed by atoms with van der Waals surface area (Å²) in [5, 5.41) is 8.29. The molecule has 0 aromatic carbocycles. The van der Waals surface area contributed by atoms with Crippen LogP contribution in [-0.4, -0.2) is 12.1 Å². The van der Waals surface area contributed by atoms with Gasteiger partial charge in [-0.2, -0.15) is 0 Å². The summed E-state index contributed by atoms with van der Waals surface area (Å²) in [5.41, 5.74) is 0.519. The first-order valence-corrected chi connectivity index (χ1v) is 3.10. The summed E-state index contributed by atoms with van der Waals surface area (Å²) in [6.07, 6.45) is 3.43. The van der Waals surface area contributed by atoms with Gasteiger partial charge in [-0.05, 0) is 28.7 Å². The van der Waals surface area contributed by atoms with Crippen LogP contribution in [0.3, 0.4) is 0 Å². The van der Waals surface area contributed by atoms with Crippen molar-refractivity contribution >= 4 is 34.7 Å². The average molecular weight is 217 g/mol. The second-order valence-corrected chi connectivity index (χ2v) is 2.42. The zero-order chi connectivity index (χ0) is 5.98. The molecule has 2 nitrogen and oxygen atoms in total. The van der Waals surface area contributed by atoms with Crippen LogP contribution in [0.2, 0.25) is 0 Å². The van der Waals surface area contributed by atoms with Crippen LogP contribution in [0.1, 0.15) is 0 Å². The molecule has 1 heterocycles. The van der Waals surface area contributed by atoms with E-state index >= 15 is 0 Å². The van der Waals surface area contributed by atoms with Crippen LogP contribution >= 0.6 is 22.6 Å². The van der Waals surface area contributed by atoms with E-state index in [0.717, 1.165) is 3.58 Å². The molecule has 0 N–H and O–H groups in total. The SMILES string of the molecule is [N-]=C=C1N=CC=C1I. The van der Waals surface area contributed by atoms with Gasteiger partial charge in [0.15, 0.2) is 0 Å². The van der Waals surface area contributed by atoms with Gasteiger partial charge in [0, 0.05) is 9.79 Å². The van der Waals surface area contributed by atoms with Crippen LogP contribution in [-0.2, 0) is 0 Å². The molecule has 0 radical (unpaired) electrons. The van der Waals surface area contributed by atoms with Crippen molar-refractivity contribution in [2.24, 2.45) is 4.99 Å². The van der Waals surface area contributed by atoms with Gasteiger partial charge in [-0.3, -0.25) is 0 Å². The van der Waals surface area contributed by atoms with Crippen molar-refractivity contribution in [2.45, 2.75) is 0 Å². The number of aliphatic imine (C=N–C) groups is 1. The van der Waals surface area contributed by atoms with E-state index in [0.29, 0.717) is 5.70 Å². The Balaban J connectivity index is 3.05. The lowest BCUT2D eigenvalue weighted by molar-refractivity contribution is 1.52. The minimum atomic E-state index is 0.519. The van der Waals surface area contributed by atoms with Crippen LogP contribution in [0.4, 0.5) is 0 Å². The molecule has 0 spiro atoms. The van der Waals surface area contributed by atoms with Crippen LogP contribution in [0, 0.1) is 0 Å². The zero-order valence-electron chi connectivity index (χ0n) is 3.93. The van der Waals surface area contributed by atoms with Gasteiger partial charge >= 0.3 is 0 Å². The standard InChI is InChI=1S/C5H2IN2/c6-4-1-2-8-5(4)3-7/h1-2H/q-1. The highest BCUT2D eigenvalue weighted by molar-refractivity contribution is 14.1. The third-order valence-electron chi connectivity index (χ3n) is 0.757. The first-order chi connectivity index (χ1) is 3.84. The summed E-state index contributed by atoms with van der Waals surface area (Å²) in [5.74, 6) is 1.96. The van der Waals surface area contributed by atoms with Crippen molar-refractivity contribution < 1.29 is 0 Å². The summed E-state index contributed by atoms with van der Waals surface area (Å²) >= 11 is 2.07. The van der Waals surface area contributed by atoms with Crippen molar-refractivity contribution in [3.8, 4) is 0 Å². The van der Waals surface area contributed by atoms with Gasteiger partial charge in [-0.1, -0.05) is 0 Å². The molecule has 1 aliphatic rings. The Labute approximate surface area is 60.7 Å². The molecular weight excluding hydrogens is 215 g/mol. The Hall–Kier alpha value is -0.410. The van der Waals surface area contributed by atoms with E-state index in [4.69, 9.17) is 5.41 Å². The summed E-state index contributed by atoms with van der Waals surface area (Å²) in [6, 6.07) is 0. The maximum atomic E-state index is 8.29. The molecule has 0 atom stereocenters.